The largest absolute Gasteiger partial charge is 0.294 e. The van der Waals surface area contributed by atoms with Crippen molar-refractivity contribution < 1.29 is 9.18 Å². The minimum atomic E-state index is -0.598. The number of alkyl halides is 1. The van der Waals surface area contributed by atoms with Gasteiger partial charge in [-0.1, -0.05) is 0 Å². The summed E-state index contributed by atoms with van der Waals surface area (Å²) in [5.41, 5.74) is 0.380. The molecule has 1 heterocycles. The Morgan fingerprint density at radius 3 is 2.50 bits per heavy atom. The molecule has 0 spiro atoms. The SMILES string of the molecule is O=Cc1ncc(CF)cn1. The lowest BCUT2D eigenvalue weighted by Crippen LogP contribution is -1.92. The third kappa shape index (κ3) is 1.34. The number of nitrogens with zero attached hydrogens (tertiary/aromatic N) is 2. The van der Waals surface area contributed by atoms with Gasteiger partial charge >= 0.3 is 0 Å². The van der Waals surface area contributed by atoms with Crippen LogP contribution in [0.1, 0.15) is 16.2 Å². The summed E-state index contributed by atoms with van der Waals surface area (Å²) in [4.78, 5) is 17.1. The van der Waals surface area contributed by atoms with Gasteiger partial charge in [0.2, 0.25) is 0 Å². The molecule has 0 N–H and O–H groups in total. The quantitative estimate of drug-likeness (QED) is 0.569. The third-order valence-corrected chi connectivity index (χ3v) is 0.985. The van der Waals surface area contributed by atoms with Crippen LogP contribution in [0, 0.1) is 0 Å². The average molecular weight is 140 g/mol. The average Bonchev–Trinajstić information content (AvgIpc) is 2.05. The molecule has 0 unspecified atom stereocenters. The molecule has 0 saturated heterocycles. The molecule has 0 saturated carbocycles. The molecule has 1 rings (SSSR count). The van der Waals surface area contributed by atoms with Gasteiger partial charge < -0.3 is 0 Å². The van der Waals surface area contributed by atoms with Crippen LogP contribution in [0.15, 0.2) is 12.4 Å². The summed E-state index contributed by atoms with van der Waals surface area (Å²) in [6, 6.07) is 0. The Balaban J connectivity index is 2.90. The van der Waals surface area contributed by atoms with E-state index in [0.29, 0.717) is 11.8 Å². The first-order chi connectivity index (χ1) is 4.86. The number of hydrogen-bond donors (Lipinski definition) is 0. The summed E-state index contributed by atoms with van der Waals surface area (Å²) in [6.07, 6.45) is 3.09. The van der Waals surface area contributed by atoms with E-state index in [0.717, 1.165) is 0 Å². The lowest BCUT2D eigenvalue weighted by molar-refractivity contribution is 0.111. The second-order valence-electron chi connectivity index (χ2n) is 1.70. The van der Waals surface area contributed by atoms with Crippen LogP contribution in [0.5, 0.6) is 0 Å². The molecule has 0 aliphatic heterocycles. The molecule has 0 amide bonds. The van der Waals surface area contributed by atoms with E-state index in [1.807, 2.05) is 0 Å². The highest BCUT2D eigenvalue weighted by atomic mass is 19.1. The Morgan fingerprint density at radius 1 is 1.50 bits per heavy atom. The van der Waals surface area contributed by atoms with Crippen LogP contribution in [-0.2, 0) is 6.67 Å². The first kappa shape index (κ1) is 6.80. The molecule has 0 aromatic carbocycles. The molecule has 1 aromatic rings. The van der Waals surface area contributed by atoms with Gasteiger partial charge in [0.05, 0.1) is 0 Å². The fourth-order valence-corrected chi connectivity index (χ4v) is 0.495. The maximum atomic E-state index is 11.8. The predicted octanol–water partition coefficient (Wildman–Crippen LogP) is 0.759. The van der Waals surface area contributed by atoms with Gasteiger partial charge in [-0.2, -0.15) is 0 Å². The van der Waals surface area contributed by atoms with Crippen LogP contribution in [0.2, 0.25) is 0 Å². The summed E-state index contributed by atoms with van der Waals surface area (Å²) in [5.74, 6) is 0.0807. The Kier molecular flexibility index (Phi) is 2.04. The van der Waals surface area contributed by atoms with E-state index in [4.69, 9.17) is 0 Å². The van der Waals surface area contributed by atoms with E-state index in [1.54, 1.807) is 0 Å². The summed E-state index contributed by atoms with van der Waals surface area (Å²) < 4.78 is 11.8. The van der Waals surface area contributed by atoms with Crippen molar-refractivity contribution in [1.29, 1.82) is 0 Å². The summed E-state index contributed by atoms with van der Waals surface area (Å²) in [6.45, 7) is -0.598. The van der Waals surface area contributed by atoms with Crippen LogP contribution in [0.3, 0.4) is 0 Å². The Labute approximate surface area is 56.9 Å². The molecule has 0 aliphatic carbocycles. The zero-order chi connectivity index (χ0) is 7.40. The highest BCUT2D eigenvalue weighted by molar-refractivity contribution is 5.68. The van der Waals surface area contributed by atoms with Gasteiger partial charge in [-0.3, -0.25) is 4.79 Å². The molecule has 3 nitrogen and oxygen atoms in total. The smallest absolute Gasteiger partial charge is 0.192 e. The van der Waals surface area contributed by atoms with Crippen molar-refractivity contribution in [2.24, 2.45) is 0 Å². The van der Waals surface area contributed by atoms with Gasteiger partial charge in [-0.05, 0) is 0 Å². The monoisotopic (exact) mass is 140 g/mol. The summed E-state index contributed by atoms with van der Waals surface area (Å²) >= 11 is 0. The van der Waals surface area contributed by atoms with Gasteiger partial charge in [0.25, 0.3) is 0 Å². The van der Waals surface area contributed by atoms with E-state index in [2.05, 4.69) is 9.97 Å². The van der Waals surface area contributed by atoms with E-state index in [9.17, 15) is 9.18 Å². The first-order valence-corrected chi connectivity index (χ1v) is 2.69. The maximum Gasteiger partial charge on any atom is 0.192 e. The van der Waals surface area contributed by atoms with Crippen molar-refractivity contribution >= 4 is 6.29 Å². The second-order valence-corrected chi connectivity index (χ2v) is 1.70. The van der Waals surface area contributed by atoms with Crippen molar-refractivity contribution in [1.82, 2.24) is 9.97 Å². The van der Waals surface area contributed by atoms with Crippen LogP contribution < -0.4 is 0 Å². The topological polar surface area (TPSA) is 42.9 Å². The van der Waals surface area contributed by atoms with Gasteiger partial charge in [0.15, 0.2) is 12.1 Å². The Bertz CT molecular complexity index is 222. The maximum absolute atomic E-state index is 11.8. The number of aldehydes is 1. The Hall–Kier alpha value is -1.32. The van der Waals surface area contributed by atoms with Crippen molar-refractivity contribution in [2.45, 2.75) is 6.67 Å². The zero-order valence-electron chi connectivity index (χ0n) is 5.12. The van der Waals surface area contributed by atoms with Crippen molar-refractivity contribution in [3.63, 3.8) is 0 Å². The van der Waals surface area contributed by atoms with Crippen LogP contribution in [0.4, 0.5) is 4.39 Å². The number of halogens is 1. The Morgan fingerprint density at radius 2 is 2.10 bits per heavy atom. The number of carbonyl (C=O) groups is 1. The molecule has 0 atom stereocenters. The molecule has 0 radical (unpaired) electrons. The molecule has 10 heavy (non-hydrogen) atoms. The fraction of sp³-hybridized carbons (Fsp3) is 0.167. The molecule has 0 aliphatic rings. The number of carbonyl (C=O) groups excluding carboxylic acids is 1. The predicted molar refractivity (Wildman–Crippen MR) is 32.2 cm³/mol. The molecule has 0 fully saturated rings. The van der Waals surface area contributed by atoms with Gasteiger partial charge in [0, 0.05) is 18.0 Å². The molecule has 0 bridgehead atoms. The third-order valence-electron chi connectivity index (χ3n) is 0.985. The fourth-order valence-electron chi connectivity index (χ4n) is 0.495. The van der Waals surface area contributed by atoms with E-state index < -0.39 is 6.67 Å². The first-order valence-electron chi connectivity index (χ1n) is 2.69. The zero-order valence-corrected chi connectivity index (χ0v) is 5.12. The van der Waals surface area contributed by atoms with E-state index >= 15 is 0 Å². The van der Waals surface area contributed by atoms with E-state index in [1.165, 1.54) is 12.4 Å². The summed E-state index contributed by atoms with van der Waals surface area (Å²) in [7, 11) is 0. The van der Waals surface area contributed by atoms with Crippen LogP contribution >= 0.6 is 0 Å². The van der Waals surface area contributed by atoms with Crippen molar-refractivity contribution in [3.8, 4) is 0 Å². The summed E-state index contributed by atoms with van der Waals surface area (Å²) in [5, 5.41) is 0. The van der Waals surface area contributed by atoms with Crippen LogP contribution in [-0.4, -0.2) is 16.3 Å². The minimum Gasteiger partial charge on any atom is -0.294 e. The highest BCUT2D eigenvalue weighted by Gasteiger charge is 1.93. The number of hydrogen-bond acceptors (Lipinski definition) is 3. The highest BCUT2D eigenvalue weighted by Crippen LogP contribution is 1.95. The molecule has 4 heteroatoms. The van der Waals surface area contributed by atoms with Gasteiger partial charge in [0.1, 0.15) is 6.67 Å². The van der Waals surface area contributed by atoms with Crippen molar-refractivity contribution in [3.05, 3.63) is 23.8 Å². The van der Waals surface area contributed by atoms with Gasteiger partial charge in [-0.15, -0.1) is 0 Å². The number of aromatic nitrogens is 2. The van der Waals surface area contributed by atoms with Gasteiger partial charge in [-0.25, -0.2) is 14.4 Å². The molecular formula is C6H5FN2O. The van der Waals surface area contributed by atoms with Crippen molar-refractivity contribution in [2.75, 3.05) is 0 Å². The lowest BCUT2D eigenvalue weighted by atomic mass is 10.4. The normalized spacial score (nSPS) is 9.30. The minimum absolute atomic E-state index is 0.0807. The lowest BCUT2D eigenvalue weighted by Gasteiger charge is -1.90. The van der Waals surface area contributed by atoms with Crippen LogP contribution in [0.25, 0.3) is 0 Å². The molecule has 1 aromatic heterocycles. The number of rotatable bonds is 2. The molecular weight excluding hydrogens is 135 g/mol. The molecule has 52 valence electrons. The van der Waals surface area contributed by atoms with E-state index in [-0.39, 0.29) is 5.82 Å². The second kappa shape index (κ2) is 3.00. The standard InChI is InChI=1S/C6H5FN2O/c7-1-5-2-8-6(4-10)9-3-5/h2-4H,1H2.